The molecular formula is C15H23N3O2. The van der Waals surface area contributed by atoms with E-state index in [1.807, 2.05) is 13.0 Å². The number of aromatic nitrogens is 1. The molecule has 110 valence electrons. The molecular weight excluding hydrogens is 254 g/mol. The minimum atomic E-state index is -0.888. The zero-order chi connectivity index (χ0) is 14.9. The summed E-state index contributed by atoms with van der Waals surface area (Å²) in [7, 11) is 4.11. The Hall–Kier alpha value is -1.62. The van der Waals surface area contributed by atoms with E-state index in [0.29, 0.717) is 17.3 Å². The monoisotopic (exact) mass is 277 g/mol. The summed E-state index contributed by atoms with van der Waals surface area (Å²) in [5.41, 5.74) is 2.65. The number of carboxylic acid groups (broad SMARTS) is 1. The quantitative estimate of drug-likeness (QED) is 0.911. The predicted octanol–water partition coefficient (Wildman–Crippen LogP) is 1.93. The third-order valence-electron chi connectivity index (χ3n) is 3.78. The molecule has 0 aliphatic carbocycles. The highest BCUT2D eigenvalue weighted by molar-refractivity contribution is 5.95. The lowest BCUT2D eigenvalue weighted by Crippen LogP contribution is -2.38. The molecule has 5 nitrogen and oxygen atoms in total. The van der Waals surface area contributed by atoms with Gasteiger partial charge in [0.1, 0.15) is 5.56 Å². The van der Waals surface area contributed by atoms with Gasteiger partial charge < -0.3 is 14.9 Å². The highest BCUT2D eigenvalue weighted by atomic mass is 16.4. The largest absolute Gasteiger partial charge is 0.478 e. The maximum absolute atomic E-state index is 11.6. The Morgan fingerprint density at radius 2 is 2.20 bits per heavy atom. The number of aromatic carboxylic acids is 1. The van der Waals surface area contributed by atoms with Crippen molar-refractivity contribution in [2.75, 3.05) is 32.1 Å². The van der Waals surface area contributed by atoms with E-state index in [1.54, 1.807) is 6.92 Å². The second-order valence-electron chi connectivity index (χ2n) is 5.80. The van der Waals surface area contributed by atoms with E-state index < -0.39 is 5.97 Å². The number of hydrogen-bond donors (Lipinski definition) is 1. The number of pyridine rings is 1. The van der Waals surface area contributed by atoms with Crippen LogP contribution in [0.1, 0.15) is 34.6 Å². The molecule has 1 unspecified atom stereocenters. The van der Waals surface area contributed by atoms with Crippen molar-refractivity contribution in [3.8, 4) is 0 Å². The zero-order valence-corrected chi connectivity index (χ0v) is 12.7. The first-order valence-corrected chi connectivity index (χ1v) is 7.03. The molecule has 0 amide bonds. The lowest BCUT2D eigenvalue weighted by atomic mass is 10.1. The highest BCUT2D eigenvalue weighted by Crippen LogP contribution is 2.31. The van der Waals surface area contributed by atoms with Gasteiger partial charge in [-0.1, -0.05) is 0 Å². The van der Waals surface area contributed by atoms with Crippen LogP contribution in [0, 0.1) is 13.8 Å². The summed E-state index contributed by atoms with van der Waals surface area (Å²) in [4.78, 5) is 20.3. The summed E-state index contributed by atoms with van der Waals surface area (Å²) in [5, 5.41) is 9.49. The molecule has 0 saturated carbocycles. The number of rotatable bonds is 4. The van der Waals surface area contributed by atoms with Crippen LogP contribution in [0.4, 0.5) is 5.69 Å². The highest BCUT2D eigenvalue weighted by Gasteiger charge is 2.29. The summed E-state index contributed by atoms with van der Waals surface area (Å²) < 4.78 is 0. The van der Waals surface area contributed by atoms with Crippen LogP contribution < -0.4 is 4.90 Å². The van der Waals surface area contributed by atoms with Gasteiger partial charge in [0.05, 0.1) is 11.4 Å². The summed E-state index contributed by atoms with van der Waals surface area (Å²) in [6, 6.07) is 2.29. The SMILES string of the molecule is Cc1cc(N2CCCC2CN(C)C)c(C(=O)O)c(C)n1. The van der Waals surface area contributed by atoms with Gasteiger partial charge in [0.15, 0.2) is 0 Å². The van der Waals surface area contributed by atoms with Crippen LogP contribution >= 0.6 is 0 Å². The van der Waals surface area contributed by atoms with Gasteiger partial charge in [-0.25, -0.2) is 4.79 Å². The van der Waals surface area contributed by atoms with Crippen molar-refractivity contribution < 1.29 is 9.90 Å². The smallest absolute Gasteiger partial charge is 0.339 e. The molecule has 1 aromatic heterocycles. The fourth-order valence-corrected chi connectivity index (χ4v) is 3.06. The maximum Gasteiger partial charge on any atom is 0.339 e. The minimum Gasteiger partial charge on any atom is -0.478 e. The molecule has 0 radical (unpaired) electrons. The van der Waals surface area contributed by atoms with E-state index in [9.17, 15) is 9.90 Å². The third kappa shape index (κ3) is 2.93. The van der Waals surface area contributed by atoms with E-state index in [4.69, 9.17) is 0 Å². The van der Waals surface area contributed by atoms with Gasteiger partial charge in [-0.15, -0.1) is 0 Å². The Bertz CT molecular complexity index is 514. The average molecular weight is 277 g/mol. The van der Waals surface area contributed by atoms with E-state index in [1.165, 1.54) is 0 Å². The number of nitrogens with zero attached hydrogens (tertiary/aromatic N) is 3. The third-order valence-corrected chi connectivity index (χ3v) is 3.78. The maximum atomic E-state index is 11.6. The average Bonchev–Trinajstić information content (AvgIpc) is 2.74. The molecule has 1 fully saturated rings. The molecule has 1 N–H and O–H groups in total. The lowest BCUT2D eigenvalue weighted by molar-refractivity contribution is 0.0696. The molecule has 0 bridgehead atoms. The first-order valence-electron chi connectivity index (χ1n) is 7.03. The van der Waals surface area contributed by atoms with Crippen molar-refractivity contribution in [2.24, 2.45) is 0 Å². The van der Waals surface area contributed by atoms with Crippen LogP contribution in [0.2, 0.25) is 0 Å². The molecule has 1 aliphatic heterocycles. The van der Waals surface area contributed by atoms with Crippen molar-refractivity contribution in [3.63, 3.8) is 0 Å². The number of carbonyl (C=O) groups is 1. The van der Waals surface area contributed by atoms with Crippen LogP contribution in [0.5, 0.6) is 0 Å². The Balaban J connectivity index is 2.43. The van der Waals surface area contributed by atoms with E-state index in [-0.39, 0.29) is 0 Å². The molecule has 0 aromatic carbocycles. The molecule has 1 aliphatic rings. The van der Waals surface area contributed by atoms with Crippen molar-refractivity contribution in [1.29, 1.82) is 0 Å². The molecule has 2 rings (SSSR count). The summed E-state index contributed by atoms with van der Waals surface area (Å²) in [6.45, 7) is 5.55. The number of likely N-dealkylation sites (N-methyl/N-ethyl adjacent to an activating group) is 1. The predicted molar refractivity (Wildman–Crippen MR) is 79.6 cm³/mol. The van der Waals surface area contributed by atoms with Gasteiger partial charge in [0, 0.05) is 24.8 Å². The molecule has 5 heteroatoms. The normalized spacial score (nSPS) is 18.9. The summed E-state index contributed by atoms with van der Waals surface area (Å²) in [6.07, 6.45) is 2.22. The molecule has 1 saturated heterocycles. The summed E-state index contributed by atoms with van der Waals surface area (Å²) >= 11 is 0. The molecule has 1 atom stereocenters. The Morgan fingerprint density at radius 1 is 1.50 bits per heavy atom. The van der Waals surface area contributed by atoms with Gasteiger partial charge >= 0.3 is 5.97 Å². The van der Waals surface area contributed by atoms with Crippen LogP contribution in [-0.4, -0.2) is 54.2 Å². The Morgan fingerprint density at radius 3 is 2.80 bits per heavy atom. The summed E-state index contributed by atoms with van der Waals surface area (Å²) in [5.74, 6) is -0.888. The topological polar surface area (TPSA) is 56.7 Å². The van der Waals surface area contributed by atoms with E-state index in [2.05, 4.69) is 28.9 Å². The van der Waals surface area contributed by atoms with E-state index >= 15 is 0 Å². The Labute approximate surface area is 120 Å². The van der Waals surface area contributed by atoms with Crippen LogP contribution in [-0.2, 0) is 0 Å². The number of aryl methyl sites for hydroxylation is 2. The van der Waals surface area contributed by atoms with Gasteiger partial charge in [-0.05, 0) is 46.9 Å². The van der Waals surface area contributed by atoms with Crippen LogP contribution in [0.25, 0.3) is 0 Å². The second-order valence-corrected chi connectivity index (χ2v) is 5.80. The van der Waals surface area contributed by atoms with Gasteiger partial charge in [-0.2, -0.15) is 0 Å². The Kier molecular flexibility index (Phi) is 4.28. The first-order chi connectivity index (χ1) is 9.40. The van der Waals surface area contributed by atoms with Crippen molar-refractivity contribution in [2.45, 2.75) is 32.7 Å². The second kappa shape index (κ2) is 5.79. The minimum absolute atomic E-state index is 0.348. The molecule has 1 aromatic rings. The number of anilines is 1. The number of carboxylic acids is 1. The molecule has 2 heterocycles. The standard InChI is InChI=1S/C15H23N3O2/c1-10-8-13(14(15(19)20)11(2)16-10)18-7-5-6-12(18)9-17(3)4/h8,12H,5-7,9H2,1-4H3,(H,19,20). The fourth-order valence-electron chi connectivity index (χ4n) is 3.06. The van der Waals surface area contributed by atoms with Gasteiger partial charge in [0.2, 0.25) is 0 Å². The van der Waals surface area contributed by atoms with Crippen molar-refractivity contribution >= 4 is 11.7 Å². The van der Waals surface area contributed by atoms with E-state index in [0.717, 1.165) is 37.3 Å². The van der Waals surface area contributed by atoms with Crippen LogP contribution in [0.15, 0.2) is 6.07 Å². The van der Waals surface area contributed by atoms with Gasteiger partial charge in [0.25, 0.3) is 0 Å². The molecule has 0 spiro atoms. The lowest BCUT2D eigenvalue weighted by Gasteiger charge is -2.30. The molecule has 20 heavy (non-hydrogen) atoms. The van der Waals surface area contributed by atoms with Gasteiger partial charge in [-0.3, -0.25) is 4.98 Å². The number of hydrogen-bond acceptors (Lipinski definition) is 4. The van der Waals surface area contributed by atoms with Crippen molar-refractivity contribution in [1.82, 2.24) is 9.88 Å². The zero-order valence-electron chi connectivity index (χ0n) is 12.7. The van der Waals surface area contributed by atoms with Crippen LogP contribution in [0.3, 0.4) is 0 Å². The van der Waals surface area contributed by atoms with Crippen molar-refractivity contribution in [3.05, 3.63) is 23.0 Å². The fraction of sp³-hybridized carbons (Fsp3) is 0.600. The first kappa shape index (κ1) is 14.8.